The maximum atomic E-state index is 12.4. The van der Waals surface area contributed by atoms with Crippen molar-refractivity contribution in [3.8, 4) is 5.75 Å². The molecule has 0 radical (unpaired) electrons. The Kier molecular flexibility index (Phi) is 4.55. The maximum absolute atomic E-state index is 12.4. The number of hydrogen-bond donors (Lipinski definition) is 2. The van der Waals surface area contributed by atoms with Crippen LogP contribution in [0.4, 0.5) is 18.3 Å². The van der Waals surface area contributed by atoms with Crippen molar-refractivity contribution in [2.45, 2.75) is 18.0 Å². The van der Waals surface area contributed by atoms with Gasteiger partial charge in [0.05, 0.1) is 10.5 Å². The predicted molar refractivity (Wildman–Crippen MR) is 78.8 cm³/mol. The molecule has 0 fully saturated rings. The number of phenols is 1. The molecule has 1 amide bonds. The second kappa shape index (κ2) is 6.02. The summed E-state index contributed by atoms with van der Waals surface area (Å²) in [4.78, 5) is 15.0. The summed E-state index contributed by atoms with van der Waals surface area (Å²) in [7, 11) is -3.65. The lowest BCUT2D eigenvalue weighted by Crippen LogP contribution is -2.14. The van der Waals surface area contributed by atoms with Gasteiger partial charge in [0.1, 0.15) is 5.75 Å². The lowest BCUT2D eigenvalue weighted by atomic mass is 10.1. The molecular formula is C12H10F3N3O4S2. The van der Waals surface area contributed by atoms with E-state index < -0.39 is 44.2 Å². The van der Waals surface area contributed by atoms with E-state index in [2.05, 4.69) is 9.36 Å². The van der Waals surface area contributed by atoms with Crippen LogP contribution in [0.5, 0.6) is 5.75 Å². The summed E-state index contributed by atoms with van der Waals surface area (Å²) in [6, 6.07) is 2.10. The van der Waals surface area contributed by atoms with Gasteiger partial charge in [-0.1, -0.05) is 0 Å². The summed E-state index contributed by atoms with van der Waals surface area (Å²) in [6.07, 6.45) is -3.84. The average molecular weight is 381 g/mol. The second-order valence-electron chi connectivity index (χ2n) is 4.78. The number of halogens is 3. The first kappa shape index (κ1) is 18.1. The third kappa shape index (κ3) is 3.82. The van der Waals surface area contributed by atoms with Gasteiger partial charge in [0.25, 0.3) is 5.91 Å². The Morgan fingerprint density at radius 2 is 1.96 bits per heavy atom. The second-order valence-corrected chi connectivity index (χ2v) is 7.55. The SMILES string of the molecule is Cc1cc(S(C)(=O)=O)cc(C(=O)Nc2nc(C(F)(F)F)ns2)c1O. The maximum Gasteiger partial charge on any atom is 0.452 e. The number of nitrogens with zero attached hydrogens (tertiary/aromatic N) is 2. The number of phenolic OH excluding ortho intramolecular Hbond substituents is 1. The van der Waals surface area contributed by atoms with E-state index in [-0.39, 0.29) is 10.5 Å². The zero-order valence-corrected chi connectivity index (χ0v) is 13.8. The number of nitrogens with one attached hydrogen (secondary N) is 1. The molecule has 24 heavy (non-hydrogen) atoms. The molecular weight excluding hydrogens is 371 g/mol. The highest BCUT2D eigenvalue weighted by molar-refractivity contribution is 7.90. The Morgan fingerprint density at radius 3 is 2.46 bits per heavy atom. The van der Waals surface area contributed by atoms with Gasteiger partial charge >= 0.3 is 6.18 Å². The molecule has 0 saturated carbocycles. The lowest BCUT2D eigenvalue weighted by molar-refractivity contribution is -0.144. The normalized spacial score (nSPS) is 12.2. The molecule has 0 aliphatic carbocycles. The largest absolute Gasteiger partial charge is 0.507 e. The standard InChI is InChI=1S/C12H10F3N3O4S2/c1-5-3-6(24(2,21)22)4-7(8(5)19)9(20)16-11-17-10(18-23-11)12(13,14)15/h3-4,19H,1-2H3,(H,16,17,18,20). The van der Waals surface area contributed by atoms with Crippen molar-refractivity contribution in [1.82, 2.24) is 9.36 Å². The summed E-state index contributed by atoms with van der Waals surface area (Å²) >= 11 is 0.306. The fourth-order valence-electron chi connectivity index (χ4n) is 1.69. The molecule has 1 heterocycles. The van der Waals surface area contributed by atoms with E-state index in [4.69, 9.17) is 0 Å². The molecule has 1 aromatic heterocycles. The highest BCUT2D eigenvalue weighted by Crippen LogP contribution is 2.30. The fraction of sp³-hybridized carbons (Fsp3) is 0.250. The van der Waals surface area contributed by atoms with Crippen molar-refractivity contribution < 1.29 is 31.5 Å². The van der Waals surface area contributed by atoms with Crippen LogP contribution >= 0.6 is 11.5 Å². The number of sulfone groups is 1. The number of carbonyl (C=O) groups is 1. The number of aryl methyl sites for hydroxylation is 1. The Balaban J connectivity index is 2.36. The van der Waals surface area contributed by atoms with Gasteiger partial charge in [-0.05, 0) is 24.6 Å². The van der Waals surface area contributed by atoms with Crippen molar-refractivity contribution in [3.63, 3.8) is 0 Å². The van der Waals surface area contributed by atoms with Crippen LogP contribution in [0.3, 0.4) is 0 Å². The van der Waals surface area contributed by atoms with Crippen LogP contribution in [0.2, 0.25) is 0 Å². The molecule has 0 aliphatic heterocycles. The Hall–Kier alpha value is -2.21. The van der Waals surface area contributed by atoms with Gasteiger partial charge in [-0.3, -0.25) is 10.1 Å². The van der Waals surface area contributed by atoms with Gasteiger partial charge < -0.3 is 5.11 Å². The molecule has 2 aromatic rings. The number of rotatable bonds is 3. The third-order valence-electron chi connectivity index (χ3n) is 2.85. The smallest absolute Gasteiger partial charge is 0.452 e. The van der Waals surface area contributed by atoms with Crippen LogP contribution in [0.25, 0.3) is 0 Å². The molecule has 0 bridgehead atoms. The van der Waals surface area contributed by atoms with E-state index in [9.17, 15) is 31.5 Å². The zero-order chi connectivity index (χ0) is 18.3. The van der Waals surface area contributed by atoms with Gasteiger partial charge in [0.15, 0.2) is 9.84 Å². The molecule has 1 aromatic carbocycles. The number of benzene rings is 1. The minimum absolute atomic E-state index is 0.122. The van der Waals surface area contributed by atoms with E-state index in [0.29, 0.717) is 11.5 Å². The average Bonchev–Trinajstić information content (AvgIpc) is 2.88. The van der Waals surface area contributed by atoms with Gasteiger partial charge in [-0.2, -0.15) is 22.5 Å². The van der Waals surface area contributed by atoms with Gasteiger partial charge in [-0.15, -0.1) is 0 Å². The van der Waals surface area contributed by atoms with Gasteiger partial charge in [0.2, 0.25) is 11.0 Å². The quantitative estimate of drug-likeness (QED) is 0.844. The van der Waals surface area contributed by atoms with E-state index >= 15 is 0 Å². The number of alkyl halides is 3. The van der Waals surface area contributed by atoms with Crippen LogP contribution in [0.15, 0.2) is 17.0 Å². The molecule has 7 nitrogen and oxygen atoms in total. The minimum atomic E-state index is -4.76. The predicted octanol–water partition coefficient (Wildman–Crippen LogP) is 2.23. The van der Waals surface area contributed by atoms with Gasteiger partial charge in [0, 0.05) is 17.8 Å². The first-order valence-electron chi connectivity index (χ1n) is 6.15. The number of amides is 1. The van der Waals surface area contributed by atoms with Crippen molar-refractivity contribution in [1.29, 1.82) is 0 Å². The summed E-state index contributed by atoms with van der Waals surface area (Å²) < 4.78 is 63.5. The van der Waals surface area contributed by atoms with E-state index in [0.717, 1.165) is 12.3 Å². The van der Waals surface area contributed by atoms with Gasteiger partial charge in [-0.25, -0.2) is 8.42 Å². The Bertz CT molecular complexity index is 907. The number of anilines is 1. The Labute approximate surface area is 138 Å². The van der Waals surface area contributed by atoms with Crippen molar-refractivity contribution in [2.24, 2.45) is 0 Å². The number of aromatic hydroxyl groups is 1. The fourth-order valence-corrected chi connectivity index (χ4v) is 2.99. The molecule has 0 atom stereocenters. The number of hydrogen-bond acceptors (Lipinski definition) is 7. The summed E-state index contributed by atoms with van der Waals surface area (Å²) in [5, 5.41) is 11.5. The molecule has 12 heteroatoms. The van der Waals surface area contributed by atoms with Crippen LogP contribution < -0.4 is 5.32 Å². The molecule has 130 valence electrons. The zero-order valence-electron chi connectivity index (χ0n) is 12.2. The van der Waals surface area contributed by atoms with E-state index in [1.165, 1.54) is 13.0 Å². The summed E-state index contributed by atoms with van der Waals surface area (Å²) in [5.74, 6) is -2.90. The molecule has 2 rings (SSSR count). The first-order valence-corrected chi connectivity index (χ1v) is 8.82. The topological polar surface area (TPSA) is 109 Å². The number of aromatic nitrogens is 2. The molecule has 0 unspecified atom stereocenters. The molecule has 2 N–H and O–H groups in total. The van der Waals surface area contributed by atoms with E-state index in [1.54, 1.807) is 0 Å². The lowest BCUT2D eigenvalue weighted by Gasteiger charge is -2.09. The highest BCUT2D eigenvalue weighted by Gasteiger charge is 2.36. The monoisotopic (exact) mass is 381 g/mol. The minimum Gasteiger partial charge on any atom is -0.507 e. The highest BCUT2D eigenvalue weighted by atomic mass is 32.2. The third-order valence-corrected chi connectivity index (χ3v) is 4.57. The van der Waals surface area contributed by atoms with Crippen molar-refractivity contribution >= 4 is 32.4 Å². The Morgan fingerprint density at radius 1 is 1.33 bits per heavy atom. The molecule has 0 aliphatic rings. The van der Waals surface area contributed by atoms with Crippen molar-refractivity contribution in [2.75, 3.05) is 11.6 Å². The van der Waals surface area contributed by atoms with Crippen molar-refractivity contribution in [3.05, 3.63) is 29.1 Å². The summed E-state index contributed by atoms with van der Waals surface area (Å²) in [6.45, 7) is 1.38. The molecule has 0 saturated heterocycles. The van der Waals surface area contributed by atoms with Crippen LogP contribution in [0.1, 0.15) is 21.7 Å². The molecule has 0 spiro atoms. The summed E-state index contributed by atoms with van der Waals surface area (Å²) in [5.41, 5.74) is -0.282. The van der Waals surface area contributed by atoms with E-state index in [1.807, 2.05) is 5.32 Å². The van der Waals surface area contributed by atoms with Crippen LogP contribution in [0, 0.1) is 6.92 Å². The van der Waals surface area contributed by atoms with Crippen LogP contribution in [-0.4, -0.2) is 35.0 Å². The first-order chi connectivity index (χ1) is 10.9. The number of carbonyl (C=O) groups excluding carboxylic acids is 1. The van der Waals surface area contributed by atoms with Crippen LogP contribution in [-0.2, 0) is 16.0 Å².